The molecule has 3 N–H and O–H groups in total. The summed E-state index contributed by atoms with van der Waals surface area (Å²) in [6, 6.07) is 3.97. The minimum Gasteiger partial charge on any atom is -0.493 e. The number of rotatable bonds is 4. The average Bonchev–Trinajstić information content (AvgIpc) is 3.19. The molecule has 1 aromatic carbocycles. The van der Waals surface area contributed by atoms with Gasteiger partial charge >= 0.3 is 0 Å². The van der Waals surface area contributed by atoms with Gasteiger partial charge in [-0.3, -0.25) is 4.90 Å². The molecular weight excluding hydrogens is 414 g/mol. The van der Waals surface area contributed by atoms with Crippen LogP contribution in [0.2, 0.25) is 0 Å². The maximum atomic E-state index is 10.4. The van der Waals surface area contributed by atoms with E-state index in [2.05, 4.69) is 23.1 Å². The zero-order valence-electron chi connectivity index (χ0n) is 18.6. The van der Waals surface area contributed by atoms with Gasteiger partial charge in [-0.15, -0.1) is 0 Å². The standard InChI is InChI=1S/C24H31NO7/c1-13-20(26)21(27)22(28)23(31-13)32-19-10-14-6-8-25-9-7-15-4-5-16(29-2)12-24(15,25)17(14)11-18(19)30-3/h4-5,7,10-11,13,16,20-23,26-28H,6,8-9,12H2,1-3H3/t13-,16-,20-,21+,22+,23-,24-/m0/s1. The van der Waals surface area contributed by atoms with Crippen LogP contribution in [0.1, 0.15) is 24.5 Å². The molecule has 7 atom stereocenters. The van der Waals surface area contributed by atoms with E-state index in [0.29, 0.717) is 11.5 Å². The molecular formula is C24H31NO7. The van der Waals surface area contributed by atoms with Gasteiger partial charge in [0.2, 0.25) is 6.29 Å². The Morgan fingerprint density at radius 1 is 1.09 bits per heavy atom. The number of aliphatic hydroxyl groups excluding tert-OH is 3. The molecule has 0 aromatic heterocycles. The van der Waals surface area contributed by atoms with Crippen LogP contribution in [-0.4, -0.2) is 84.3 Å². The van der Waals surface area contributed by atoms with E-state index < -0.39 is 30.7 Å². The molecule has 0 radical (unpaired) electrons. The molecule has 4 aliphatic rings. The monoisotopic (exact) mass is 445 g/mol. The summed E-state index contributed by atoms with van der Waals surface area (Å²) in [5, 5.41) is 30.5. The number of benzene rings is 1. The molecule has 5 rings (SSSR count). The first-order valence-electron chi connectivity index (χ1n) is 11.1. The highest BCUT2D eigenvalue weighted by molar-refractivity contribution is 5.57. The second kappa shape index (κ2) is 8.13. The van der Waals surface area contributed by atoms with Gasteiger partial charge in [0.1, 0.15) is 18.3 Å². The molecule has 1 saturated heterocycles. The van der Waals surface area contributed by atoms with Crippen LogP contribution in [0.5, 0.6) is 11.5 Å². The summed E-state index contributed by atoms with van der Waals surface area (Å²) in [6.07, 6.45) is 2.57. The van der Waals surface area contributed by atoms with Crippen molar-refractivity contribution in [1.29, 1.82) is 0 Å². The van der Waals surface area contributed by atoms with E-state index >= 15 is 0 Å². The molecule has 32 heavy (non-hydrogen) atoms. The van der Waals surface area contributed by atoms with Crippen molar-refractivity contribution in [2.75, 3.05) is 27.3 Å². The molecule has 0 bridgehead atoms. The first kappa shape index (κ1) is 21.9. The SMILES string of the molecule is COc1cc2c(cc1O[C@@H]1O[C@@H](C)[C@H](O)[C@@H](O)[C@H]1O)CCN1CC=C3C=C[C@H](OC)C[C@]321. The van der Waals surface area contributed by atoms with Crippen molar-refractivity contribution >= 4 is 0 Å². The lowest BCUT2D eigenvalue weighted by molar-refractivity contribution is -0.268. The van der Waals surface area contributed by atoms with Gasteiger partial charge < -0.3 is 34.3 Å². The number of ether oxygens (including phenoxy) is 4. The zero-order valence-corrected chi connectivity index (χ0v) is 18.6. The van der Waals surface area contributed by atoms with E-state index in [9.17, 15) is 15.3 Å². The highest BCUT2D eigenvalue weighted by atomic mass is 16.7. The van der Waals surface area contributed by atoms with E-state index in [1.807, 2.05) is 12.1 Å². The lowest BCUT2D eigenvalue weighted by atomic mass is 9.71. The molecule has 0 saturated carbocycles. The second-order valence-corrected chi connectivity index (χ2v) is 9.01. The zero-order chi connectivity index (χ0) is 22.6. The summed E-state index contributed by atoms with van der Waals surface area (Å²) in [5.74, 6) is 0.966. The summed E-state index contributed by atoms with van der Waals surface area (Å²) < 4.78 is 23.0. The van der Waals surface area contributed by atoms with Gasteiger partial charge in [-0.05, 0) is 42.2 Å². The Morgan fingerprint density at radius 3 is 2.66 bits per heavy atom. The molecule has 174 valence electrons. The molecule has 0 unspecified atom stereocenters. The molecule has 3 heterocycles. The minimum atomic E-state index is -1.38. The third kappa shape index (κ3) is 3.21. The van der Waals surface area contributed by atoms with Crippen LogP contribution in [0.15, 0.2) is 35.9 Å². The lowest BCUT2D eigenvalue weighted by Gasteiger charge is -2.48. The van der Waals surface area contributed by atoms with E-state index in [4.69, 9.17) is 18.9 Å². The van der Waals surface area contributed by atoms with Crippen molar-refractivity contribution in [1.82, 2.24) is 4.90 Å². The summed E-state index contributed by atoms with van der Waals surface area (Å²) in [7, 11) is 3.32. The first-order chi connectivity index (χ1) is 15.4. The van der Waals surface area contributed by atoms with E-state index in [1.165, 1.54) is 11.1 Å². The Kier molecular flexibility index (Phi) is 5.56. The van der Waals surface area contributed by atoms with Crippen LogP contribution in [0.3, 0.4) is 0 Å². The molecule has 1 aromatic rings. The minimum absolute atomic E-state index is 0.0285. The van der Waals surface area contributed by atoms with Gasteiger partial charge in [-0.1, -0.05) is 18.2 Å². The van der Waals surface area contributed by atoms with Gasteiger partial charge in [0.15, 0.2) is 11.5 Å². The Morgan fingerprint density at radius 2 is 1.91 bits per heavy atom. The second-order valence-electron chi connectivity index (χ2n) is 9.01. The van der Waals surface area contributed by atoms with Gasteiger partial charge in [0.05, 0.1) is 24.9 Å². The molecule has 1 spiro atoms. The van der Waals surface area contributed by atoms with Crippen molar-refractivity contribution in [3.63, 3.8) is 0 Å². The van der Waals surface area contributed by atoms with Gasteiger partial charge in [0.25, 0.3) is 0 Å². The summed E-state index contributed by atoms with van der Waals surface area (Å²) in [6.45, 7) is 3.44. The van der Waals surface area contributed by atoms with Crippen molar-refractivity contribution in [3.05, 3.63) is 47.1 Å². The van der Waals surface area contributed by atoms with Crippen LogP contribution in [0, 0.1) is 0 Å². The molecule has 8 heteroatoms. The van der Waals surface area contributed by atoms with Crippen LogP contribution < -0.4 is 9.47 Å². The largest absolute Gasteiger partial charge is 0.493 e. The molecule has 3 aliphatic heterocycles. The van der Waals surface area contributed by atoms with Crippen LogP contribution in [-0.2, 0) is 21.4 Å². The highest BCUT2D eigenvalue weighted by Gasteiger charge is 2.50. The fourth-order valence-electron chi connectivity index (χ4n) is 5.56. The first-order valence-corrected chi connectivity index (χ1v) is 11.1. The Bertz CT molecular complexity index is 947. The number of aliphatic hydroxyl groups is 3. The maximum absolute atomic E-state index is 10.4. The van der Waals surface area contributed by atoms with E-state index in [0.717, 1.165) is 31.5 Å². The quantitative estimate of drug-likeness (QED) is 0.628. The Labute approximate surface area is 187 Å². The fourth-order valence-corrected chi connectivity index (χ4v) is 5.56. The predicted octanol–water partition coefficient (Wildman–Crippen LogP) is 0.870. The lowest BCUT2D eigenvalue weighted by Crippen LogP contribution is -2.58. The number of hydrogen-bond acceptors (Lipinski definition) is 8. The maximum Gasteiger partial charge on any atom is 0.229 e. The van der Waals surface area contributed by atoms with Crippen molar-refractivity contribution < 1.29 is 34.3 Å². The van der Waals surface area contributed by atoms with Gasteiger partial charge in [-0.2, -0.15) is 0 Å². The van der Waals surface area contributed by atoms with Crippen LogP contribution in [0.4, 0.5) is 0 Å². The average molecular weight is 446 g/mol. The smallest absolute Gasteiger partial charge is 0.229 e. The summed E-state index contributed by atoms with van der Waals surface area (Å²) >= 11 is 0. The van der Waals surface area contributed by atoms with Crippen molar-refractivity contribution in [2.45, 2.75) is 62.1 Å². The Balaban J connectivity index is 1.52. The summed E-state index contributed by atoms with van der Waals surface area (Å²) in [5.41, 5.74) is 3.34. The van der Waals surface area contributed by atoms with Crippen molar-refractivity contribution in [2.24, 2.45) is 0 Å². The van der Waals surface area contributed by atoms with E-state index in [-0.39, 0.29) is 11.6 Å². The number of fused-ring (bicyclic) bond motifs is 1. The number of hydrogen-bond donors (Lipinski definition) is 3. The number of nitrogens with zero attached hydrogens (tertiary/aromatic N) is 1. The molecule has 1 aliphatic carbocycles. The highest BCUT2D eigenvalue weighted by Crippen LogP contribution is 2.52. The van der Waals surface area contributed by atoms with Gasteiger partial charge in [-0.25, -0.2) is 0 Å². The van der Waals surface area contributed by atoms with Crippen LogP contribution >= 0.6 is 0 Å². The molecule has 0 amide bonds. The topological polar surface area (TPSA) is 101 Å². The number of methoxy groups -OCH3 is 2. The van der Waals surface area contributed by atoms with Gasteiger partial charge in [0, 0.05) is 26.6 Å². The predicted molar refractivity (Wildman–Crippen MR) is 116 cm³/mol. The van der Waals surface area contributed by atoms with Crippen LogP contribution in [0.25, 0.3) is 0 Å². The van der Waals surface area contributed by atoms with E-state index in [1.54, 1.807) is 21.1 Å². The Hall–Kier alpha value is -1.94. The third-order valence-corrected chi connectivity index (χ3v) is 7.38. The fraction of sp³-hybridized carbons (Fsp3) is 0.583. The van der Waals surface area contributed by atoms with Crippen molar-refractivity contribution in [3.8, 4) is 11.5 Å². The molecule has 1 fully saturated rings. The third-order valence-electron chi connectivity index (χ3n) is 7.38. The summed E-state index contributed by atoms with van der Waals surface area (Å²) in [4.78, 5) is 2.49. The normalized spacial score (nSPS) is 38.5. The molecule has 8 nitrogen and oxygen atoms in total.